The molecule has 0 bridgehead atoms. The van der Waals surface area contributed by atoms with Gasteiger partial charge in [-0.05, 0) is 61.6 Å². The van der Waals surface area contributed by atoms with Crippen molar-refractivity contribution in [2.75, 3.05) is 23.7 Å². The Morgan fingerprint density at radius 3 is 2.21 bits per heavy atom. The minimum atomic E-state index is -3.77. The van der Waals surface area contributed by atoms with E-state index < -0.39 is 28.5 Å². The largest absolute Gasteiger partial charge is 0.354 e. The molecule has 0 aliphatic carbocycles. The number of rotatable bonds is 11. The Labute approximate surface area is 208 Å². The molecule has 0 aliphatic rings. The molecule has 0 aromatic heterocycles. The van der Waals surface area contributed by atoms with Gasteiger partial charge in [0.15, 0.2) is 0 Å². The Morgan fingerprint density at radius 2 is 1.68 bits per heavy atom. The van der Waals surface area contributed by atoms with Crippen molar-refractivity contribution >= 4 is 39.1 Å². The monoisotopic (exact) mass is 507 g/mol. The predicted molar refractivity (Wildman–Crippen MR) is 137 cm³/mol. The lowest BCUT2D eigenvalue weighted by Gasteiger charge is -2.33. The number of amides is 2. The SMILES string of the molecule is CCCNC(=O)[C@@H](CC)N(Cc1ccccc1Cl)C(=O)CN(c1cc(C)cc(C)c1)S(C)(=O)=O. The molecule has 2 aromatic rings. The number of carbonyl (C=O) groups is 2. The number of benzene rings is 2. The van der Waals surface area contributed by atoms with E-state index in [0.717, 1.165) is 28.1 Å². The first-order chi connectivity index (χ1) is 16.0. The second-order valence-electron chi connectivity index (χ2n) is 8.44. The molecule has 0 heterocycles. The maximum atomic E-state index is 13.6. The highest BCUT2D eigenvalue weighted by Crippen LogP contribution is 2.24. The van der Waals surface area contributed by atoms with Gasteiger partial charge in [0.25, 0.3) is 0 Å². The highest BCUT2D eigenvalue weighted by molar-refractivity contribution is 7.92. The topological polar surface area (TPSA) is 86.8 Å². The fourth-order valence-corrected chi connectivity index (χ4v) is 4.83. The third kappa shape index (κ3) is 7.46. The van der Waals surface area contributed by atoms with E-state index in [1.54, 1.807) is 36.4 Å². The molecule has 34 heavy (non-hydrogen) atoms. The third-order valence-electron chi connectivity index (χ3n) is 5.41. The Balaban J connectivity index is 2.47. The van der Waals surface area contributed by atoms with Crippen molar-refractivity contribution in [1.29, 1.82) is 0 Å². The Kier molecular flexibility index (Phi) is 9.94. The molecule has 186 valence electrons. The molecule has 0 fully saturated rings. The van der Waals surface area contributed by atoms with E-state index in [2.05, 4.69) is 5.32 Å². The second-order valence-corrected chi connectivity index (χ2v) is 10.8. The van der Waals surface area contributed by atoms with Crippen molar-refractivity contribution in [2.45, 2.75) is 53.1 Å². The van der Waals surface area contributed by atoms with Crippen molar-refractivity contribution in [3.05, 3.63) is 64.2 Å². The van der Waals surface area contributed by atoms with Crippen molar-refractivity contribution < 1.29 is 18.0 Å². The summed E-state index contributed by atoms with van der Waals surface area (Å²) in [6, 6.07) is 11.7. The smallest absolute Gasteiger partial charge is 0.244 e. The zero-order valence-corrected chi connectivity index (χ0v) is 22.0. The summed E-state index contributed by atoms with van der Waals surface area (Å²) in [6.45, 7) is 7.65. The molecule has 0 aliphatic heterocycles. The van der Waals surface area contributed by atoms with Crippen LogP contribution in [0, 0.1) is 13.8 Å². The van der Waals surface area contributed by atoms with Crippen LogP contribution in [0.4, 0.5) is 5.69 Å². The van der Waals surface area contributed by atoms with E-state index in [0.29, 0.717) is 29.2 Å². The lowest BCUT2D eigenvalue weighted by atomic mass is 10.1. The molecule has 1 atom stereocenters. The Bertz CT molecular complexity index is 1100. The summed E-state index contributed by atoms with van der Waals surface area (Å²) in [5, 5.41) is 3.32. The molecule has 0 saturated carbocycles. The molecule has 7 nitrogen and oxygen atoms in total. The normalized spacial score (nSPS) is 12.2. The highest BCUT2D eigenvalue weighted by Gasteiger charge is 2.32. The number of aryl methyl sites for hydroxylation is 2. The number of nitrogens with one attached hydrogen (secondary N) is 1. The zero-order valence-electron chi connectivity index (χ0n) is 20.5. The first-order valence-electron chi connectivity index (χ1n) is 11.3. The molecule has 2 amide bonds. The standard InChI is InChI=1S/C25H34ClN3O4S/c1-6-12-27-25(31)23(7-2)28(16-20-10-8-9-11-22(20)26)24(30)17-29(34(5,32)33)21-14-18(3)13-19(4)15-21/h8-11,13-15,23H,6-7,12,16-17H2,1-5H3,(H,27,31)/t23-/m1/s1. The van der Waals surface area contributed by atoms with Crippen LogP contribution in [0.15, 0.2) is 42.5 Å². The maximum absolute atomic E-state index is 13.6. The van der Waals surface area contributed by atoms with Crippen LogP contribution in [-0.4, -0.2) is 50.5 Å². The van der Waals surface area contributed by atoms with E-state index in [9.17, 15) is 18.0 Å². The van der Waals surface area contributed by atoms with Gasteiger partial charge >= 0.3 is 0 Å². The summed E-state index contributed by atoms with van der Waals surface area (Å²) in [5.74, 6) is -0.759. The summed E-state index contributed by atoms with van der Waals surface area (Å²) in [7, 11) is -3.77. The van der Waals surface area contributed by atoms with Crippen molar-refractivity contribution in [3.8, 4) is 0 Å². The second kappa shape index (κ2) is 12.2. The number of halogens is 1. The van der Waals surface area contributed by atoms with E-state index in [1.165, 1.54) is 4.90 Å². The first-order valence-corrected chi connectivity index (χ1v) is 13.6. The minimum absolute atomic E-state index is 0.0843. The third-order valence-corrected chi connectivity index (χ3v) is 6.92. The summed E-state index contributed by atoms with van der Waals surface area (Å²) in [6.07, 6.45) is 2.20. The minimum Gasteiger partial charge on any atom is -0.354 e. The molecule has 2 aromatic carbocycles. The van der Waals surface area contributed by atoms with Gasteiger partial charge in [-0.15, -0.1) is 0 Å². The van der Waals surface area contributed by atoms with Gasteiger partial charge in [0.1, 0.15) is 12.6 Å². The van der Waals surface area contributed by atoms with E-state index in [4.69, 9.17) is 11.6 Å². The van der Waals surface area contributed by atoms with Crippen LogP contribution in [0.2, 0.25) is 5.02 Å². The van der Waals surface area contributed by atoms with Gasteiger partial charge in [-0.1, -0.05) is 49.7 Å². The lowest BCUT2D eigenvalue weighted by molar-refractivity contribution is -0.140. The molecular formula is C25H34ClN3O4S. The zero-order chi connectivity index (χ0) is 25.5. The number of anilines is 1. The molecule has 9 heteroatoms. The van der Waals surface area contributed by atoms with E-state index >= 15 is 0 Å². The average Bonchev–Trinajstić information content (AvgIpc) is 2.75. The highest BCUT2D eigenvalue weighted by atomic mass is 35.5. The number of hydrogen-bond acceptors (Lipinski definition) is 4. The van der Waals surface area contributed by atoms with Gasteiger partial charge in [0.05, 0.1) is 11.9 Å². The van der Waals surface area contributed by atoms with Crippen molar-refractivity contribution in [3.63, 3.8) is 0 Å². The van der Waals surface area contributed by atoms with Crippen LogP contribution < -0.4 is 9.62 Å². The average molecular weight is 508 g/mol. The van der Waals surface area contributed by atoms with Crippen LogP contribution in [0.5, 0.6) is 0 Å². The van der Waals surface area contributed by atoms with Crippen molar-refractivity contribution in [1.82, 2.24) is 10.2 Å². The van der Waals surface area contributed by atoms with Crippen LogP contribution >= 0.6 is 11.6 Å². The number of hydrogen-bond donors (Lipinski definition) is 1. The number of sulfonamides is 1. The van der Waals surface area contributed by atoms with Gasteiger partial charge in [-0.3, -0.25) is 13.9 Å². The van der Waals surface area contributed by atoms with Crippen molar-refractivity contribution in [2.24, 2.45) is 0 Å². The number of carbonyl (C=O) groups excluding carboxylic acids is 2. The summed E-state index contributed by atoms with van der Waals surface area (Å²) >= 11 is 6.35. The van der Waals surface area contributed by atoms with Gasteiger partial charge in [-0.25, -0.2) is 8.42 Å². The first kappa shape index (κ1) is 27.7. The lowest BCUT2D eigenvalue weighted by Crippen LogP contribution is -2.52. The fourth-order valence-electron chi connectivity index (χ4n) is 3.80. The van der Waals surface area contributed by atoms with Crippen LogP contribution in [0.1, 0.15) is 43.4 Å². The Hall–Kier alpha value is -2.58. The molecule has 0 spiro atoms. The molecule has 0 radical (unpaired) electrons. The van der Waals surface area contributed by atoms with Gasteiger partial charge in [0.2, 0.25) is 21.8 Å². The van der Waals surface area contributed by atoms with Gasteiger partial charge in [0, 0.05) is 18.1 Å². The van der Waals surface area contributed by atoms with E-state index in [1.807, 2.05) is 33.8 Å². The maximum Gasteiger partial charge on any atom is 0.244 e. The summed E-state index contributed by atoms with van der Waals surface area (Å²) < 4.78 is 26.5. The van der Waals surface area contributed by atoms with Crippen LogP contribution in [0.25, 0.3) is 0 Å². The predicted octanol–water partition coefficient (Wildman–Crippen LogP) is 4.06. The fraction of sp³-hybridized carbons (Fsp3) is 0.440. The van der Waals surface area contributed by atoms with E-state index in [-0.39, 0.29) is 12.5 Å². The molecule has 0 saturated heterocycles. The molecule has 2 rings (SSSR count). The van der Waals surface area contributed by atoms with Crippen LogP contribution in [-0.2, 0) is 26.2 Å². The molecular weight excluding hydrogens is 474 g/mol. The quantitative estimate of drug-likeness (QED) is 0.497. The number of nitrogens with zero attached hydrogens (tertiary/aromatic N) is 2. The Morgan fingerprint density at radius 1 is 1.06 bits per heavy atom. The molecule has 1 N–H and O–H groups in total. The molecule has 0 unspecified atom stereocenters. The summed E-state index contributed by atoms with van der Waals surface area (Å²) in [4.78, 5) is 28.0. The van der Waals surface area contributed by atoms with Crippen LogP contribution in [0.3, 0.4) is 0 Å². The summed E-state index contributed by atoms with van der Waals surface area (Å²) in [5.41, 5.74) is 2.86. The van der Waals surface area contributed by atoms with Gasteiger partial charge in [-0.2, -0.15) is 0 Å². The van der Waals surface area contributed by atoms with Gasteiger partial charge < -0.3 is 10.2 Å².